The predicted octanol–water partition coefficient (Wildman–Crippen LogP) is 3.64. The Bertz CT molecular complexity index is 372. The highest BCUT2D eigenvalue weighted by Crippen LogP contribution is 2.29. The van der Waals surface area contributed by atoms with Gasteiger partial charge < -0.3 is 5.32 Å². The molecule has 0 saturated carbocycles. The molecule has 2 atom stereocenters. The zero-order valence-corrected chi connectivity index (χ0v) is 10.7. The molecular formula is C12H15ClFNS. The van der Waals surface area contributed by atoms with Gasteiger partial charge in [-0.1, -0.05) is 17.7 Å². The Labute approximate surface area is 105 Å². The number of halogens is 2. The van der Waals surface area contributed by atoms with Crippen LogP contribution >= 0.6 is 23.4 Å². The van der Waals surface area contributed by atoms with Gasteiger partial charge in [0.15, 0.2) is 0 Å². The van der Waals surface area contributed by atoms with Crippen molar-refractivity contribution in [3.05, 3.63) is 34.6 Å². The van der Waals surface area contributed by atoms with Gasteiger partial charge in [-0.15, -0.1) is 0 Å². The smallest absolute Gasteiger partial charge is 0.124 e. The standard InChI is InChI=1S/C12H15ClFNS/c1-8-4-5-16-7-12(15-8)10-3-2-9(14)6-11(10)13/h2-3,6,8,12,15H,4-5,7H2,1H3. The Morgan fingerprint density at radius 3 is 3.06 bits per heavy atom. The predicted molar refractivity (Wildman–Crippen MR) is 68.7 cm³/mol. The number of nitrogens with one attached hydrogen (secondary N) is 1. The van der Waals surface area contributed by atoms with Crippen LogP contribution in [0.2, 0.25) is 5.02 Å². The number of rotatable bonds is 1. The second-order valence-electron chi connectivity index (χ2n) is 4.15. The van der Waals surface area contributed by atoms with E-state index >= 15 is 0 Å². The van der Waals surface area contributed by atoms with Crippen LogP contribution in [0.25, 0.3) is 0 Å². The normalized spacial score (nSPS) is 26.4. The van der Waals surface area contributed by atoms with Gasteiger partial charge in [-0.25, -0.2) is 4.39 Å². The Kier molecular flexibility index (Phi) is 4.11. The van der Waals surface area contributed by atoms with E-state index in [2.05, 4.69) is 12.2 Å². The van der Waals surface area contributed by atoms with Gasteiger partial charge in [-0.05, 0) is 36.8 Å². The Morgan fingerprint density at radius 1 is 1.50 bits per heavy atom. The van der Waals surface area contributed by atoms with Crippen molar-refractivity contribution < 1.29 is 4.39 Å². The van der Waals surface area contributed by atoms with Gasteiger partial charge in [0, 0.05) is 22.9 Å². The van der Waals surface area contributed by atoms with E-state index in [-0.39, 0.29) is 11.9 Å². The number of hydrogen-bond donors (Lipinski definition) is 1. The molecule has 0 radical (unpaired) electrons. The molecule has 1 aliphatic heterocycles. The van der Waals surface area contributed by atoms with Crippen LogP contribution in [0, 0.1) is 5.82 Å². The summed E-state index contributed by atoms with van der Waals surface area (Å²) >= 11 is 8.00. The average Bonchev–Trinajstić information content (AvgIpc) is 2.43. The van der Waals surface area contributed by atoms with Gasteiger partial charge in [0.1, 0.15) is 5.82 Å². The second kappa shape index (κ2) is 5.39. The summed E-state index contributed by atoms with van der Waals surface area (Å²) < 4.78 is 13.0. The summed E-state index contributed by atoms with van der Waals surface area (Å²) in [4.78, 5) is 0. The molecule has 16 heavy (non-hydrogen) atoms. The zero-order chi connectivity index (χ0) is 11.5. The number of hydrogen-bond acceptors (Lipinski definition) is 2. The molecule has 1 nitrogen and oxygen atoms in total. The maximum atomic E-state index is 13.0. The molecule has 1 aromatic carbocycles. The summed E-state index contributed by atoms with van der Waals surface area (Å²) in [5, 5.41) is 4.05. The van der Waals surface area contributed by atoms with Crippen LogP contribution in [0.5, 0.6) is 0 Å². The summed E-state index contributed by atoms with van der Waals surface area (Å²) in [6.07, 6.45) is 1.17. The van der Waals surface area contributed by atoms with Gasteiger partial charge in [0.2, 0.25) is 0 Å². The average molecular weight is 260 g/mol. The summed E-state index contributed by atoms with van der Waals surface area (Å²) in [5.74, 6) is 1.89. The van der Waals surface area contributed by atoms with Gasteiger partial charge in [-0.3, -0.25) is 0 Å². The van der Waals surface area contributed by atoms with E-state index in [4.69, 9.17) is 11.6 Å². The minimum atomic E-state index is -0.275. The first kappa shape index (κ1) is 12.2. The molecule has 0 aromatic heterocycles. The topological polar surface area (TPSA) is 12.0 Å². The third kappa shape index (κ3) is 2.90. The summed E-state index contributed by atoms with van der Waals surface area (Å²) in [6, 6.07) is 5.37. The van der Waals surface area contributed by atoms with Crippen molar-refractivity contribution in [2.45, 2.75) is 25.4 Å². The Hall–Kier alpha value is -0.250. The molecular weight excluding hydrogens is 245 g/mol. The molecule has 0 aliphatic carbocycles. The molecule has 2 rings (SSSR count). The van der Waals surface area contributed by atoms with E-state index < -0.39 is 0 Å². The molecule has 0 spiro atoms. The third-order valence-corrected chi connectivity index (χ3v) is 4.22. The Morgan fingerprint density at radius 2 is 2.31 bits per heavy atom. The number of benzene rings is 1. The quantitative estimate of drug-likeness (QED) is 0.827. The lowest BCUT2D eigenvalue weighted by Gasteiger charge is -2.20. The number of thioether (sulfide) groups is 1. The van der Waals surface area contributed by atoms with Crippen LogP contribution in [0.15, 0.2) is 18.2 Å². The van der Waals surface area contributed by atoms with Crippen molar-refractivity contribution in [1.82, 2.24) is 5.32 Å². The maximum Gasteiger partial charge on any atom is 0.124 e. The van der Waals surface area contributed by atoms with E-state index in [1.54, 1.807) is 6.07 Å². The fourth-order valence-corrected chi connectivity index (χ4v) is 3.40. The van der Waals surface area contributed by atoms with Gasteiger partial charge in [-0.2, -0.15) is 11.8 Å². The fraction of sp³-hybridized carbons (Fsp3) is 0.500. The summed E-state index contributed by atoms with van der Waals surface area (Å²) in [5.41, 5.74) is 1.00. The summed E-state index contributed by atoms with van der Waals surface area (Å²) in [6.45, 7) is 2.18. The first-order valence-electron chi connectivity index (χ1n) is 5.45. The molecule has 0 bridgehead atoms. The minimum absolute atomic E-state index is 0.232. The largest absolute Gasteiger partial charge is 0.307 e. The van der Waals surface area contributed by atoms with Crippen LogP contribution in [0.4, 0.5) is 4.39 Å². The van der Waals surface area contributed by atoms with Crippen molar-refractivity contribution in [3.63, 3.8) is 0 Å². The highest BCUT2D eigenvalue weighted by atomic mass is 35.5. The molecule has 1 saturated heterocycles. The van der Waals surface area contributed by atoms with Crippen molar-refractivity contribution in [3.8, 4) is 0 Å². The lowest BCUT2D eigenvalue weighted by atomic mass is 10.1. The molecule has 1 fully saturated rings. The minimum Gasteiger partial charge on any atom is -0.307 e. The monoisotopic (exact) mass is 259 g/mol. The van der Waals surface area contributed by atoms with Crippen LogP contribution in [-0.2, 0) is 0 Å². The van der Waals surface area contributed by atoms with Crippen LogP contribution in [0.1, 0.15) is 24.9 Å². The lowest BCUT2D eigenvalue weighted by molar-refractivity contribution is 0.484. The Balaban J connectivity index is 2.21. The van der Waals surface area contributed by atoms with E-state index in [9.17, 15) is 4.39 Å². The molecule has 2 unspecified atom stereocenters. The van der Waals surface area contributed by atoms with Crippen LogP contribution < -0.4 is 5.32 Å². The molecule has 1 heterocycles. The van der Waals surface area contributed by atoms with Gasteiger partial charge >= 0.3 is 0 Å². The maximum absolute atomic E-state index is 13.0. The van der Waals surface area contributed by atoms with E-state index in [1.165, 1.54) is 24.3 Å². The first-order valence-corrected chi connectivity index (χ1v) is 6.99. The molecule has 1 aliphatic rings. The van der Waals surface area contributed by atoms with E-state index in [0.29, 0.717) is 11.1 Å². The highest BCUT2D eigenvalue weighted by Gasteiger charge is 2.20. The summed E-state index contributed by atoms with van der Waals surface area (Å²) in [7, 11) is 0. The van der Waals surface area contributed by atoms with Crippen molar-refractivity contribution >= 4 is 23.4 Å². The molecule has 4 heteroatoms. The highest BCUT2D eigenvalue weighted by molar-refractivity contribution is 7.99. The third-order valence-electron chi connectivity index (χ3n) is 2.80. The van der Waals surface area contributed by atoms with Crippen molar-refractivity contribution in [2.24, 2.45) is 0 Å². The second-order valence-corrected chi connectivity index (χ2v) is 5.71. The van der Waals surface area contributed by atoms with Gasteiger partial charge in [0.05, 0.1) is 0 Å². The molecule has 1 N–H and O–H groups in total. The lowest BCUT2D eigenvalue weighted by Crippen LogP contribution is -2.30. The van der Waals surface area contributed by atoms with Crippen molar-refractivity contribution in [1.29, 1.82) is 0 Å². The zero-order valence-electron chi connectivity index (χ0n) is 9.17. The molecule has 1 aromatic rings. The fourth-order valence-electron chi connectivity index (χ4n) is 1.90. The molecule has 88 valence electrons. The SMILES string of the molecule is CC1CCSCC(c2ccc(F)cc2Cl)N1. The van der Waals surface area contributed by atoms with E-state index in [1.807, 2.05) is 11.8 Å². The van der Waals surface area contributed by atoms with Crippen LogP contribution in [-0.4, -0.2) is 17.5 Å². The first-order chi connectivity index (χ1) is 7.66. The molecule has 0 amide bonds. The van der Waals surface area contributed by atoms with Crippen molar-refractivity contribution in [2.75, 3.05) is 11.5 Å². The van der Waals surface area contributed by atoms with Crippen LogP contribution in [0.3, 0.4) is 0 Å². The van der Waals surface area contributed by atoms with Gasteiger partial charge in [0.25, 0.3) is 0 Å². The van der Waals surface area contributed by atoms with E-state index in [0.717, 1.165) is 11.3 Å².